The number of amides is 1. The number of hydrogen-bond acceptors (Lipinski definition) is 3. The Kier molecular flexibility index (Phi) is 6.29. The summed E-state index contributed by atoms with van der Waals surface area (Å²) < 4.78 is 10.9. The Balaban J connectivity index is 1.69. The van der Waals surface area contributed by atoms with Crippen LogP contribution in [-0.2, 0) is 9.53 Å². The number of hydrogen-bond donors (Lipinski definition) is 2. The normalized spacial score (nSPS) is 17.2. The van der Waals surface area contributed by atoms with Crippen LogP contribution in [0.25, 0.3) is 0 Å². The van der Waals surface area contributed by atoms with E-state index in [2.05, 4.69) is 5.32 Å². The van der Waals surface area contributed by atoms with E-state index >= 15 is 0 Å². The Morgan fingerprint density at radius 3 is 2.95 bits per heavy atom. The van der Waals surface area contributed by atoms with Gasteiger partial charge >= 0.3 is 0 Å². The fourth-order valence-electron chi connectivity index (χ4n) is 2.21. The highest BCUT2D eigenvalue weighted by atomic mass is 35.5. The summed E-state index contributed by atoms with van der Waals surface area (Å²) in [6, 6.07) is 7.05. The first kappa shape index (κ1) is 16.1. The molecule has 0 aromatic heterocycles. The molecule has 2 rings (SSSR count). The number of ether oxygens (including phenoxy) is 2. The monoisotopic (exact) mass is 313 g/mol. The molecule has 1 aliphatic heterocycles. The maximum atomic E-state index is 12.0. The predicted octanol–water partition coefficient (Wildman–Crippen LogP) is 0.139. The third-order valence-corrected chi connectivity index (χ3v) is 3.69. The van der Waals surface area contributed by atoms with Crippen LogP contribution in [0.15, 0.2) is 24.3 Å². The lowest BCUT2D eigenvalue weighted by atomic mass is 10.3. The summed E-state index contributed by atoms with van der Waals surface area (Å²) in [5.41, 5.74) is 0. The van der Waals surface area contributed by atoms with Crippen molar-refractivity contribution >= 4 is 17.5 Å². The Morgan fingerprint density at radius 2 is 2.24 bits per heavy atom. The largest absolute Gasteiger partial charge is 0.481 e. The van der Waals surface area contributed by atoms with Crippen molar-refractivity contribution in [3.8, 4) is 5.75 Å². The molecule has 0 spiro atoms. The quantitative estimate of drug-likeness (QED) is 0.785. The lowest BCUT2D eigenvalue weighted by Gasteiger charge is -2.24. The molecule has 1 fully saturated rings. The van der Waals surface area contributed by atoms with Gasteiger partial charge in [0.1, 0.15) is 18.8 Å². The zero-order valence-electron chi connectivity index (χ0n) is 12.2. The molecule has 0 radical (unpaired) electrons. The molecular weight excluding hydrogens is 292 g/mol. The molecule has 1 heterocycles. The van der Waals surface area contributed by atoms with Crippen LogP contribution in [0, 0.1) is 0 Å². The van der Waals surface area contributed by atoms with E-state index in [0.29, 0.717) is 17.3 Å². The molecular formula is C15H22ClN2O3+. The number of halogens is 1. The van der Waals surface area contributed by atoms with E-state index in [1.54, 1.807) is 31.2 Å². The molecule has 1 aromatic rings. The minimum Gasteiger partial charge on any atom is -0.481 e. The van der Waals surface area contributed by atoms with Crippen LogP contribution >= 0.6 is 11.6 Å². The van der Waals surface area contributed by atoms with Gasteiger partial charge in [-0.25, -0.2) is 0 Å². The molecule has 6 heteroatoms. The number of carbonyl (C=O) groups excluding carboxylic acids is 1. The average Bonchev–Trinajstić information content (AvgIpc) is 2.48. The van der Waals surface area contributed by atoms with Crippen LogP contribution in [0.1, 0.15) is 6.92 Å². The smallest absolute Gasteiger partial charge is 0.260 e. The van der Waals surface area contributed by atoms with Gasteiger partial charge in [-0.3, -0.25) is 4.79 Å². The second-order valence-electron chi connectivity index (χ2n) is 5.12. The highest BCUT2D eigenvalue weighted by Crippen LogP contribution is 2.18. The molecule has 2 N–H and O–H groups in total. The SMILES string of the molecule is C[C@@H](Oc1cccc(Cl)c1)C(=O)NCC[NH+]1CCOCC1. The van der Waals surface area contributed by atoms with Crippen LogP contribution in [0.5, 0.6) is 5.75 Å². The van der Waals surface area contributed by atoms with Crippen molar-refractivity contribution < 1.29 is 19.2 Å². The fourth-order valence-corrected chi connectivity index (χ4v) is 2.39. The number of carbonyl (C=O) groups is 1. The van der Waals surface area contributed by atoms with Crippen LogP contribution in [-0.4, -0.2) is 51.4 Å². The summed E-state index contributed by atoms with van der Waals surface area (Å²) in [5, 5.41) is 3.50. The molecule has 0 unspecified atom stereocenters. The topological polar surface area (TPSA) is 52.0 Å². The van der Waals surface area contributed by atoms with Gasteiger partial charge in [-0.05, 0) is 25.1 Å². The van der Waals surface area contributed by atoms with Crippen LogP contribution in [0.2, 0.25) is 5.02 Å². The van der Waals surface area contributed by atoms with E-state index in [1.807, 2.05) is 0 Å². The van der Waals surface area contributed by atoms with Gasteiger partial charge < -0.3 is 19.7 Å². The number of morpholine rings is 1. The molecule has 0 aliphatic carbocycles. The fraction of sp³-hybridized carbons (Fsp3) is 0.533. The van der Waals surface area contributed by atoms with E-state index in [0.717, 1.165) is 32.8 Å². The first-order valence-electron chi connectivity index (χ1n) is 7.26. The first-order chi connectivity index (χ1) is 10.1. The third kappa shape index (κ3) is 5.53. The second kappa shape index (κ2) is 8.22. The predicted molar refractivity (Wildman–Crippen MR) is 80.9 cm³/mol. The number of quaternary nitrogens is 1. The van der Waals surface area contributed by atoms with E-state index in [4.69, 9.17) is 21.1 Å². The molecule has 21 heavy (non-hydrogen) atoms. The number of benzene rings is 1. The summed E-state index contributed by atoms with van der Waals surface area (Å²) in [7, 11) is 0. The molecule has 5 nitrogen and oxygen atoms in total. The summed E-state index contributed by atoms with van der Waals surface area (Å²) >= 11 is 5.88. The Hall–Kier alpha value is -1.30. The van der Waals surface area contributed by atoms with Gasteiger partial charge in [-0.15, -0.1) is 0 Å². The van der Waals surface area contributed by atoms with Crippen molar-refractivity contribution in [2.24, 2.45) is 0 Å². The van der Waals surface area contributed by atoms with Crippen molar-refractivity contribution in [1.29, 1.82) is 0 Å². The Labute approximate surface area is 130 Å². The van der Waals surface area contributed by atoms with Gasteiger partial charge in [0.25, 0.3) is 5.91 Å². The van der Waals surface area contributed by atoms with E-state index in [-0.39, 0.29) is 5.91 Å². The van der Waals surface area contributed by atoms with E-state index in [9.17, 15) is 4.79 Å². The zero-order chi connectivity index (χ0) is 15.1. The maximum absolute atomic E-state index is 12.0. The van der Waals surface area contributed by atoms with Crippen molar-refractivity contribution in [1.82, 2.24) is 5.32 Å². The van der Waals surface area contributed by atoms with Crippen molar-refractivity contribution in [3.05, 3.63) is 29.3 Å². The summed E-state index contributed by atoms with van der Waals surface area (Å²) in [4.78, 5) is 13.4. The minimum atomic E-state index is -0.539. The molecule has 1 amide bonds. The minimum absolute atomic E-state index is 0.109. The van der Waals surface area contributed by atoms with Gasteiger partial charge in [0, 0.05) is 5.02 Å². The van der Waals surface area contributed by atoms with Gasteiger partial charge in [0.2, 0.25) is 0 Å². The van der Waals surface area contributed by atoms with Gasteiger partial charge in [0.15, 0.2) is 6.10 Å². The molecule has 0 bridgehead atoms. The maximum Gasteiger partial charge on any atom is 0.260 e. The van der Waals surface area contributed by atoms with Crippen molar-refractivity contribution in [2.45, 2.75) is 13.0 Å². The van der Waals surface area contributed by atoms with Crippen LogP contribution in [0.3, 0.4) is 0 Å². The van der Waals surface area contributed by atoms with E-state index in [1.165, 1.54) is 4.90 Å². The molecule has 1 atom stereocenters. The summed E-state index contributed by atoms with van der Waals surface area (Å²) in [6.07, 6.45) is -0.539. The highest BCUT2D eigenvalue weighted by molar-refractivity contribution is 6.30. The molecule has 0 saturated carbocycles. The van der Waals surface area contributed by atoms with Gasteiger partial charge in [-0.2, -0.15) is 0 Å². The highest BCUT2D eigenvalue weighted by Gasteiger charge is 2.17. The van der Waals surface area contributed by atoms with Crippen LogP contribution in [0.4, 0.5) is 0 Å². The second-order valence-corrected chi connectivity index (χ2v) is 5.56. The van der Waals surface area contributed by atoms with Crippen LogP contribution < -0.4 is 15.0 Å². The number of rotatable bonds is 6. The summed E-state index contributed by atoms with van der Waals surface area (Å²) in [5.74, 6) is 0.492. The van der Waals surface area contributed by atoms with E-state index < -0.39 is 6.10 Å². The molecule has 1 aromatic carbocycles. The third-order valence-electron chi connectivity index (χ3n) is 3.46. The standard InChI is InChI=1S/C15H21ClN2O3/c1-12(21-14-4-2-3-13(16)11-14)15(19)17-5-6-18-7-9-20-10-8-18/h2-4,11-12H,5-10H2,1H3,(H,17,19)/p+1/t12-/m1/s1. The first-order valence-corrected chi connectivity index (χ1v) is 7.64. The molecule has 116 valence electrons. The Morgan fingerprint density at radius 1 is 1.48 bits per heavy atom. The zero-order valence-corrected chi connectivity index (χ0v) is 13.0. The molecule has 1 aliphatic rings. The van der Waals surface area contributed by atoms with Crippen molar-refractivity contribution in [2.75, 3.05) is 39.4 Å². The average molecular weight is 314 g/mol. The Bertz CT molecular complexity index is 464. The number of nitrogens with one attached hydrogen (secondary N) is 2. The lowest BCUT2D eigenvalue weighted by molar-refractivity contribution is -0.906. The summed E-state index contributed by atoms with van der Waals surface area (Å²) in [6.45, 7) is 6.91. The molecule has 1 saturated heterocycles. The lowest BCUT2D eigenvalue weighted by Crippen LogP contribution is -3.14. The van der Waals surface area contributed by atoms with Gasteiger partial charge in [0.05, 0.1) is 26.3 Å². The van der Waals surface area contributed by atoms with Gasteiger partial charge in [-0.1, -0.05) is 17.7 Å². The van der Waals surface area contributed by atoms with Crippen molar-refractivity contribution in [3.63, 3.8) is 0 Å².